The molecular formula is C37H55ClN8O6. The van der Waals surface area contributed by atoms with Gasteiger partial charge < -0.3 is 47.8 Å². The van der Waals surface area contributed by atoms with Gasteiger partial charge in [-0.05, 0) is 61.1 Å². The lowest BCUT2D eigenvalue weighted by Crippen LogP contribution is -2.47. The molecule has 1 unspecified atom stereocenters. The molecule has 0 saturated heterocycles. The molecule has 2 amide bonds. The number of aryl methyl sites for hydroxylation is 1. The Morgan fingerprint density at radius 1 is 0.885 bits per heavy atom. The Balaban J connectivity index is 1.53. The van der Waals surface area contributed by atoms with Crippen molar-refractivity contribution in [1.29, 1.82) is 0 Å². The maximum Gasteiger partial charge on any atom is 0.273 e. The molecule has 0 radical (unpaired) electrons. The molecular weight excluding hydrogens is 688 g/mol. The normalized spacial score (nSPS) is 13.8. The summed E-state index contributed by atoms with van der Waals surface area (Å²) in [6.07, 6.45) is 0.651. The van der Waals surface area contributed by atoms with E-state index in [4.69, 9.17) is 28.2 Å². The lowest BCUT2D eigenvalue weighted by Gasteiger charge is -2.29. The SMILES string of the molecule is CCCCCCN(CCNC(=O)c1ccc(CNCC(CNC(=O)c2nc(Cl)c(N)nc2N)Cc2ccccc2C)cc1)C[C@H](O)[C@@H](O)[C@H](O)CO. The van der Waals surface area contributed by atoms with E-state index < -0.39 is 30.8 Å². The summed E-state index contributed by atoms with van der Waals surface area (Å²) < 4.78 is 0. The lowest BCUT2D eigenvalue weighted by atomic mass is 9.95. The second kappa shape index (κ2) is 22.2. The highest BCUT2D eigenvalue weighted by Crippen LogP contribution is 2.18. The van der Waals surface area contributed by atoms with Crippen molar-refractivity contribution in [2.45, 2.75) is 70.8 Å². The molecule has 11 N–H and O–H groups in total. The van der Waals surface area contributed by atoms with Crippen molar-refractivity contribution in [3.63, 3.8) is 0 Å². The molecule has 0 aliphatic rings. The van der Waals surface area contributed by atoms with E-state index in [9.17, 15) is 24.9 Å². The van der Waals surface area contributed by atoms with Crippen molar-refractivity contribution in [1.82, 2.24) is 30.8 Å². The van der Waals surface area contributed by atoms with Gasteiger partial charge in [-0.1, -0.05) is 74.2 Å². The number of aromatic nitrogens is 2. The molecule has 2 aromatic carbocycles. The van der Waals surface area contributed by atoms with Crippen molar-refractivity contribution >= 4 is 35.1 Å². The summed E-state index contributed by atoms with van der Waals surface area (Å²) >= 11 is 5.97. The minimum absolute atomic E-state index is 0.0175. The van der Waals surface area contributed by atoms with E-state index in [0.29, 0.717) is 51.3 Å². The number of unbranched alkanes of at least 4 members (excludes halogenated alkanes) is 3. The second-order valence-corrected chi connectivity index (χ2v) is 13.5. The van der Waals surface area contributed by atoms with E-state index >= 15 is 0 Å². The molecule has 14 nitrogen and oxygen atoms in total. The van der Waals surface area contributed by atoms with Crippen LogP contribution in [0.4, 0.5) is 11.6 Å². The number of nitrogen functional groups attached to an aromatic ring is 2. The fourth-order valence-corrected chi connectivity index (χ4v) is 5.84. The van der Waals surface area contributed by atoms with Crippen molar-refractivity contribution in [3.8, 4) is 0 Å². The van der Waals surface area contributed by atoms with Gasteiger partial charge in [-0.25, -0.2) is 9.97 Å². The van der Waals surface area contributed by atoms with E-state index in [-0.39, 0.29) is 40.9 Å². The van der Waals surface area contributed by atoms with Crippen LogP contribution in [0.3, 0.4) is 0 Å². The first kappa shape index (κ1) is 42.5. The minimum atomic E-state index is -1.47. The highest BCUT2D eigenvalue weighted by Gasteiger charge is 2.26. The number of anilines is 2. The number of carbonyl (C=O) groups is 2. The second-order valence-electron chi connectivity index (χ2n) is 13.1. The third-order valence-corrected chi connectivity index (χ3v) is 9.16. The lowest BCUT2D eigenvalue weighted by molar-refractivity contribution is -0.0840. The van der Waals surface area contributed by atoms with Gasteiger partial charge in [0.2, 0.25) is 0 Å². The van der Waals surface area contributed by atoms with Crippen molar-refractivity contribution < 1.29 is 30.0 Å². The van der Waals surface area contributed by atoms with Gasteiger partial charge in [0.15, 0.2) is 22.5 Å². The molecule has 0 bridgehead atoms. The van der Waals surface area contributed by atoms with Crippen LogP contribution in [0.15, 0.2) is 48.5 Å². The van der Waals surface area contributed by atoms with E-state index in [1.54, 1.807) is 12.1 Å². The maximum absolute atomic E-state index is 12.9. The number of carbonyl (C=O) groups excluding carboxylic acids is 2. The summed E-state index contributed by atoms with van der Waals surface area (Å²) in [7, 11) is 0. The number of hydrogen-bond donors (Lipinski definition) is 9. The molecule has 0 aliphatic heterocycles. The maximum atomic E-state index is 12.9. The van der Waals surface area contributed by atoms with Gasteiger partial charge in [0.25, 0.3) is 11.8 Å². The van der Waals surface area contributed by atoms with Gasteiger partial charge in [-0.2, -0.15) is 0 Å². The van der Waals surface area contributed by atoms with Crippen LogP contribution in [-0.4, -0.2) is 111 Å². The van der Waals surface area contributed by atoms with E-state index in [0.717, 1.165) is 36.8 Å². The van der Waals surface area contributed by atoms with Gasteiger partial charge in [-0.3, -0.25) is 14.5 Å². The zero-order chi connectivity index (χ0) is 38.0. The topological polar surface area (TPSA) is 232 Å². The number of nitrogens with two attached hydrogens (primary N) is 2. The summed E-state index contributed by atoms with van der Waals surface area (Å²) in [5.74, 6) is -0.858. The molecule has 3 rings (SSSR count). The molecule has 52 heavy (non-hydrogen) atoms. The summed E-state index contributed by atoms with van der Waals surface area (Å²) in [6, 6.07) is 15.4. The predicted octanol–water partition coefficient (Wildman–Crippen LogP) is 1.67. The fraction of sp³-hybridized carbons (Fsp3) is 0.514. The number of rotatable bonds is 23. The molecule has 1 heterocycles. The number of aliphatic hydroxyl groups is 4. The first-order chi connectivity index (χ1) is 24.9. The molecule has 0 spiro atoms. The van der Waals surface area contributed by atoms with Crippen molar-refractivity contribution in [2.24, 2.45) is 5.92 Å². The highest BCUT2D eigenvalue weighted by atomic mass is 35.5. The van der Waals surface area contributed by atoms with Crippen LogP contribution < -0.4 is 27.4 Å². The first-order valence-corrected chi connectivity index (χ1v) is 18.2. The molecule has 3 aromatic rings. The zero-order valence-corrected chi connectivity index (χ0v) is 30.9. The number of hydrogen-bond acceptors (Lipinski definition) is 12. The third kappa shape index (κ3) is 13.9. The molecule has 0 saturated carbocycles. The predicted molar refractivity (Wildman–Crippen MR) is 203 cm³/mol. The Hall–Kier alpha value is -3.89. The van der Waals surface area contributed by atoms with Gasteiger partial charge in [0.05, 0.1) is 12.7 Å². The van der Waals surface area contributed by atoms with Crippen LogP contribution >= 0.6 is 11.6 Å². The monoisotopic (exact) mass is 742 g/mol. The molecule has 0 fully saturated rings. The fourth-order valence-electron chi connectivity index (χ4n) is 5.71. The Bertz CT molecular complexity index is 1550. The van der Waals surface area contributed by atoms with Gasteiger partial charge >= 0.3 is 0 Å². The average molecular weight is 743 g/mol. The molecule has 286 valence electrons. The molecule has 0 aliphatic carbocycles. The third-order valence-electron chi connectivity index (χ3n) is 8.88. The van der Waals surface area contributed by atoms with Gasteiger partial charge in [-0.15, -0.1) is 0 Å². The smallest absolute Gasteiger partial charge is 0.273 e. The average Bonchev–Trinajstić information content (AvgIpc) is 3.13. The molecule has 15 heteroatoms. The Morgan fingerprint density at radius 3 is 2.31 bits per heavy atom. The number of benzene rings is 2. The minimum Gasteiger partial charge on any atom is -0.394 e. The Labute approximate surface area is 311 Å². The van der Waals surface area contributed by atoms with Crippen LogP contribution in [0.2, 0.25) is 5.15 Å². The van der Waals surface area contributed by atoms with Crippen LogP contribution in [-0.2, 0) is 13.0 Å². The summed E-state index contributed by atoms with van der Waals surface area (Å²) in [5, 5.41) is 48.5. The van der Waals surface area contributed by atoms with Crippen LogP contribution in [0.25, 0.3) is 0 Å². The number of nitrogens with one attached hydrogen (secondary N) is 3. The van der Waals surface area contributed by atoms with Crippen molar-refractivity contribution in [3.05, 3.63) is 81.6 Å². The van der Waals surface area contributed by atoms with E-state index in [1.165, 1.54) is 5.56 Å². The quantitative estimate of drug-likeness (QED) is 0.0632. The Morgan fingerprint density at radius 2 is 1.62 bits per heavy atom. The zero-order valence-electron chi connectivity index (χ0n) is 30.1. The largest absolute Gasteiger partial charge is 0.394 e. The molecule has 1 aromatic heterocycles. The van der Waals surface area contributed by atoms with Crippen LogP contribution in [0.5, 0.6) is 0 Å². The summed E-state index contributed by atoms with van der Waals surface area (Å²) in [4.78, 5) is 35.7. The summed E-state index contributed by atoms with van der Waals surface area (Å²) in [6.45, 7) is 6.51. The number of halogens is 1. The van der Waals surface area contributed by atoms with E-state index in [1.807, 2.05) is 29.2 Å². The van der Waals surface area contributed by atoms with Gasteiger partial charge in [0, 0.05) is 44.8 Å². The Kier molecular flexibility index (Phi) is 18.2. The highest BCUT2D eigenvalue weighted by molar-refractivity contribution is 6.31. The summed E-state index contributed by atoms with van der Waals surface area (Å²) in [5.41, 5.74) is 15.2. The molecule has 4 atom stereocenters. The van der Waals surface area contributed by atoms with Gasteiger partial charge in [0.1, 0.15) is 12.2 Å². The van der Waals surface area contributed by atoms with E-state index in [2.05, 4.69) is 51.9 Å². The number of aliphatic hydroxyl groups excluding tert-OH is 4. The van der Waals surface area contributed by atoms with Crippen LogP contribution in [0.1, 0.15) is 70.1 Å². The standard InChI is InChI=1S/C37H55ClN8O6/c1-3-4-5-8-16-46(22-29(48)32(50)30(49)23-47)17-15-42-36(51)27-13-11-25(12-14-27)19-41-20-26(18-28-10-7-6-9-24(28)2)21-43-37(52)31-34(39)45-35(40)33(38)44-31/h6-7,9-14,26,29-30,32,41,47-50H,3-5,8,15-23H2,1-2H3,(H,42,51)(H,43,52)(H4,39,40,45)/t26?,29-,30+,32+/m0/s1. The van der Waals surface area contributed by atoms with Crippen molar-refractivity contribution in [2.75, 3.05) is 57.3 Å². The first-order valence-electron chi connectivity index (χ1n) is 17.8. The van der Waals surface area contributed by atoms with Crippen LogP contribution in [0, 0.1) is 12.8 Å². The number of amides is 2. The number of nitrogens with zero attached hydrogens (tertiary/aromatic N) is 3.